The highest BCUT2D eigenvalue weighted by Crippen LogP contribution is 2.22. The van der Waals surface area contributed by atoms with Crippen LogP contribution in [0.25, 0.3) is 0 Å². The SMILES string of the molecule is CC(C)(C)CN(CI)C(C)(C)C. The summed E-state index contributed by atoms with van der Waals surface area (Å²) < 4.78 is 1.11. The number of alkyl halides is 1. The van der Waals surface area contributed by atoms with Gasteiger partial charge in [0.05, 0.1) is 4.55 Å². The molecule has 0 saturated heterocycles. The molecule has 0 heterocycles. The molecule has 0 unspecified atom stereocenters. The zero-order valence-corrected chi connectivity index (χ0v) is 11.4. The van der Waals surface area contributed by atoms with E-state index in [4.69, 9.17) is 0 Å². The van der Waals surface area contributed by atoms with Crippen molar-refractivity contribution in [3.63, 3.8) is 0 Å². The summed E-state index contributed by atoms with van der Waals surface area (Å²) in [6.07, 6.45) is 0. The Bertz CT molecular complexity index is 130. The summed E-state index contributed by atoms with van der Waals surface area (Å²) in [6.45, 7) is 14.9. The fourth-order valence-electron chi connectivity index (χ4n) is 1.03. The fraction of sp³-hybridized carbons (Fsp3) is 1.00. The van der Waals surface area contributed by atoms with Crippen molar-refractivity contribution in [1.29, 1.82) is 0 Å². The maximum Gasteiger partial charge on any atom is 0.0511 e. The molecule has 0 amide bonds. The Labute approximate surface area is 91.0 Å². The lowest BCUT2D eigenvalue weighted by atomic mass is 9.94. The van der Waals surface area contributed by atoms with Gasteiger partial charge in [-0.15, -0.1) is 0 Å². The second kappa shape index (κ2) is 4.27. The highest BCUT2D eigenvalue weighted by Gasteiger charge is 2.24. The third kappa shape index (κ3) is 5.36. The molecular weight excluding hydrogens is 261 g/mol. The van der Waals surface area contributed by atoms with Crippen LogP contribution in [0.3, 0.4) is 0 Å². The molecular formula is C10H22IN. The van der Waals surface area contributed by atoms with Gasteiger partial charge >= 0.3 is 0 Å². The molecule has 0 atom stereocenters. The molecule has 2 heteroatoms. The van der Waals surface area contributed by atoms with Gasteiger partial charge < -0.3 is 0 Å². The van der Waals surface area contributed by atoms with Crippen molar-refractivity contribution in [3.8, 4) is 0 Å². The van der Waals surface area contributed by atoms with Crippen LogP contribution in [0.1, 0.15) is 41.5 Å². The maximum atomic E-state index is 2.51. The molecule has 0 rings (SSSR count). The highest BCUT2D eigenvalue weighted by atomic mass is 127. The Hall–Kier alpha value is 0.690. The van der Waals surface area contributed by atoms with E-state index < -0.39 is 0 Å². The van der Waals surface area contributed by atoms with E-state index in [-0.39, 0.29) is 0 Å². The zero-order chi connectivity index (χ0) is 9.99. The van der Waals surface area contributed by atoms with E-state index >= 15 is 0 Å². The minimum atomic E-state index is 0.300. The van der Waals surface area contributed by atoms with Crippen LogP contribution < -0.4 is 0 Å². The second-order valence-corrected chi connectivity index (χ2v) is 6.23. The fourth-order valence-corrected chi connectivity index (χ4v) is 2.30. The van der Waals surface area contributed by atoms with Gasteiger partial charge in [-0.3, -0.25) is 4.90 Å². The van der Waals surface area contributed by atoms with Crippen molar-refractivity contribution in [1.82, 2.24) is 4.90 Å². The average Bonchev–Trinajstić information content (AvgIpc) is 1.78. The summed E-state index contributed by atoms with van der Waals surface area (Å²) in [4.78, 5) is 2.51. The minimum Gasteiger partial charge on any atom is -0.289 e. The Balaban J connectivity index is 4.20. The first-order valence-corrected chi connectivity index (χ1v) is 6.00. The van der Waals surface area contributed by atoms with Crippen LogP contribution in [0.2, 0.25) is 0 Å². The predicted octanol–water partition coefficient (Wildman–Crippen LogP) is 3.53. The molecule has 0 radical (unpaired) electrons. The largest absolute Gasteiger partial charge is 0.289 e. The Morgan fingerprint density at radius 2 is 1.42 bits per heavy atom. The molecule has 0 spiro atoms. The third-order valence-corrected chi connectivity index (χ3v) is 2.58. The molecule has 0 aliphatic rings. The number of hydrogen-bond donors (Lipinski definition) is 0. The average molecular weight is 283 g/mol. The van der Waals surface area contributed by atoms with Crippen molar-refractivity contribution in [2.24, 2.45) is 5.41 Å². The first-order valence-electron chi connectivity index (χ1n) is 4.48. The van der Waals surface area contributed by atoms with Crippen molar-refractivity contribution in [2.45, 2.75) is 47.1 Å². The van der Waals surface area contributed by atoms with E-state index in [1.165, 1.54) is 6.54 Å². The standard InChI is InChI=1S/C10H22IN/c1-9(2,3)7-12(8-11)10(4,5)6/h7-8H2,1-6H3. The van der Waals surface area contributed by atoms with Crippen LogP contribution >= 0.6 is 22.6 Å². The van der Waals surface area contributed by atoms with E-state index in [2.05, 4.69) is 69.0 Å². The molecule has 0 bridgehead atoms. The quantitative estimate of drug-likeness (QED) is 0.426. The van der Waals surface area contributed by atoms with Gasteiger partial charge in [-0.05, 0) is 26.2 Å². The Kier molecular flexibility index (Phi) is 4.51. The van der Waals surface area contributed by atoms with Gasteiger partial charge in [-0.2, -0.15) is 0 Å². The topological polar surface area (TPSA) is 3.24 Å². The Morgan fingerprint density at radius 1 is 1.00 bits per heavy atom. The normalized spacial score (nSPS) is 14.0. The van der Waals surface area contributed by atoms with E-state index in [1.54, 1.807) is 0 Å². The highest BCUT2D eigenvalue weighted by molar-refractivity contribution is 14.1. The van der Waals surface area contributed by atoms with E-state index in [9.17, 15) is 0 Å². The van der Waals surface area contributed by atoms with E-state index in [0.717, 1.165) is 4.55 Å². The van der Waals surface area contributed by atoms with Gasteiger partial charge in [-0.25, -0.2) is 0 Å². The number of hydrogen-bond acceptors (Lipinski definition) is 1. The van der Waals surface area contributed by atoms with E-state index in [1.807, 2.05) is 0 Å². The minimum absolute atomic E-state index is 0.300. The lowest BCUT2D eigenvalue weighted by molar-refractivity contribution is 0.120. The van der Waals surface area contributed by atoms with Crippen LogP contribution in [0.4, 0.5) is 0 Å². The first-order chi connectivity index (χ1) is 5.17. The molecule has 0 aliphatic carbocycles. The maximum absolute atomic E-state index is 2.51. The zero-order valence-electron chi connectivity index (χ0n) is 9.24. The summed E-state index contributed by atoms with van der Waals surface area (Å²) in [7, 11) is 0. The Morgan fingerprint density at radius 3 is 1.50 bits per heavy atom. The molecule has 0 saturated carbocycles. The summed E-state index contributed by atoms with van der Waals surface area (Å²) in [5.74, 6) is 0. The van der Waals surface area contributed by atoms with Gasteiger partial charge in [0.2, 0.25) is 0 Å². The van der Waals surface area contributed by atoms with Crippen LogP contribution in [-0.4, -0.2) is 21.5 Å². The van der Waals surface area contributed by atoms with E-state index in [0.29, 0.717) is 11.0 Å². The summed E-state index contributed by atoms with van der Waals surface area (Å²) in [5.41, 5.74) is 0.701. The molecule has 12 heavy (non-hydrogen) atoms. The molecule has 1 nitrogen and oxygen atoms in total. The van der Waals surface area contributed by atoms with Crippen LogP contribution in [0, 0.1) is 5.41 Å². The second-order valence-electron chi connectivity index (χ2n) is 5.55. The van der Waals surface area contributed by atoms with Gasteiger partial charge in [-0.1, -0.05) is 43.4 Å². The van der Waals surface area contributed by atoms with Crippen LogP contribution in [0.15, 0.2) is 0 Å². The number of halogens is 1. The molecule has 0 fully saturated rings. The third-order valence-electron chi connectivity index (χ3n) is 1.76. The van der Waals surface area contributed by atoms with Gasteiger partial charge in [0.25, 0.3) is 0 Å². The van der Waals surface area contributed by atoms with Gasteiger partial charge in [0, 0.05) is 12.1 Å². The molecule has 0 aliphatic heterocycles. The molecule has 74 valence electrons. The van der Waals surface area contributed by atoms with Crippen LogP contribution in [-0.2, 0) is 0 Å². The number of rotatable bonds is 2. The van der Waals surface area contributed by atoms with Crippen molar-refractivity contribution in [3.05, 3.63) is 0 Å². The summed E-state index contributed by atoms with van der Waals surface area (Å²) in [5, 5.41) is 0. The molecule has 0 N–H and O–H groups in total. The molecule has 0 aromatic rings. The number of nitrogens with zero attached hydrogens (tertiary/aromatic N) is 1. The smallest absolute Gasteiger partial charge is 0.0511 e. The first kappa shape index (κ1) is 12.7. The van der Waals surface area contributed by atoms with Gasteiger partial charge in [0.15, 0.2) is 0 Å². The monoisotopic (exact) mass is 283 g/mol. The molecule has 0 aromatic heterocycles. The van der Waals surface area contributed by atoms with Crippen molar-refractivity contribution in [2.75, 3.05) is 11.1 Å². The lowest BCUT2D eigenvalue weighted by Crippen LogP contribution is -2.44. The van der Waals surface area contributed by atoms with Crippen molar-refractivity contribution >= 4 is 22.6 Å². The summed E-state index contributed by atoms with van der Waals surface area (Å²) >= 11 is 2.44. The van der Waals surface area contributed by atoms with Crippen LogP contribution in [0.5, 0.6) is 0 Å². The molecule has 0 aromatic carbocycles. The lowest BCUT2D eigenvalue weighted by Gasteiger charge is -2.38. The van der Waals surface area contributed by atoms with Crippen molar-refractivity contribution < 1.29 is 0 Å². The summed E-state index contributed by atoms with van der Waals surface area (Å²) in [6, 6.07) is 0. The predicted molar refractivity (Wildman–Crippen MR) is 64.8 cm³/mol. The van der Waals surface area contributed by atoms with Gasteiger partial charge in [0.1, 0.15) is 0 Å².